The summed E-state index contributed by atoms with van der Waals surface area (Å²) in [5, 5.41) is 2.60. The van der Waals surface area contributed by atoms with E-state index >= 15 is 0 Å². The molecule has 1 aliphatic heterocycles. The van der Waals surface area contributed by atoms with E-state index in [-0.39, 0.29) is 29.5 Å². The van der Waals surface area contributed by atoms with Gasteiger partial charge in [-0.1, -0.05) is 6.92 Å². The number of likely N-dealkylation sites (N-methyl/N-ethyl adjacent to an activating group) is 1. The second kappa shape index (κ2) is 7.71. The number of methoxy groups -OCH3 is 1. The van der Waals surface area contributed by atoms with Crippen molar-refractivity contribution in [3.63, 3.8) is 0 Å². The van der Waals surface area contributed by atoms with Crippen molar-refractivity contribution in [2.24, 2.45) is 0 Å². The van der Waals surface area contributed by atoms with Crippen LogP contribution >= 0.6 is 0 Å². The Hall–Kier alpha value is -1.65. The third-order valence-corrected chi connectivity index (χ3v) is 7.67. The van der Waals surface area contributed by atoms with E-state index in [0.717, 1.165) is 4.31 Å². The average molecular weight is 390 g/mol. The molecule has 1 N–H and O–H groups in total. The van der Waals surface area contributed by atoms with Crippen molar-refractivity contribution in [2.75, 3.05) is 31.7 Å². The molecule has 1 fully saturated rings. The highest BCUT2D eigenvalue weighted by Gasteiger charge is 2.31. The van der Waals surface area contributed by atoms with E-state index in [1.165, 1.54) is 31.4 Å². The van der Waals surface area contributed by atoms with Crippen LogP contribution in [-0.4, -0.2) is 64.8 Å². The fourth-order valence-corrected chi connectivity index (χ4v) is 5.68. The van der Waals surface area contributed by atoms with E-state index in [4.69, 9.17) is 4.74 Å². The fourth-order valence-electron chi connectivity index (χ4n) is 2.61. The Labute approximate surface area is 148 Å². The van der Waals surface area contributed by atoms with Gasteiger partial charge in [0.1, 0.15) is 5.75 Å². The van der Waals surface area contributed by atoms with Crippen LogP contribution in [0.4, 0.5) is 0 Å². The van der Waals surface area contributed by atoms with E-state index in [9.17, 15) is 21.6 Å². The second-order valence-corrected chi connectivity index (χ2v) is 9.94. The molecule has 0 unspecified atom stereocenters. The number of carbonyl (C=O) groups excluding carboxylic acids is 1. The highest BCUT2D eigenvalue weighted by Crippen LogP contribution is 2.19. The smallest absolute Gasteiger partial charge is 0.243 e. The number of rotatable bonds is 7. The molecule has 1 aliphatic rings. The van der Waals surface area contributed by atoms with Gasteiger partial charge in [-0.2, -0.15) is 4.31 Å². The zero-order chi connectivity index (χ0) is 18.7. The van der Waals surface area contributed by atoms with Crippen LogP contribution in [0.15, 0.2) is 29.2 Å². The van der Waals surface area contributed by atoms with Gasteiger partial charge in [0.15, 0.2) is 9.84 Å². The van der Waals surface area contributed by atoms with E-state index in [0.29, 0.717) is 12.2 Å². The number of nitrogens with one attached hydrogen (secondary N) is 1. The van der Waals surface area contributed by atoms with Crippen LogP contribution in [0.25, 0.3) is 0 Å². The lowest BCUT2D eigenvalue weighted by Crippen LogP contribution is -2.44. The minimum absolute atomic E-state index is 0.0413. The largest absolute Gasteiger partial charge is 0.497 e. The predicted molar refractivity (Wildman–Crippen MR) is 92.6 cm³/mol. The van der Waals surface area contributed by atoms with Crippen LogP contribution in [-0.2, 0) is 24.7 Å². The molecular weight excluding hydrogens is 368 g/mol. The molecule has 10 heteroatoms. The molecule has 25 heavy (non-hydrogen) atoms. The summed E-state index contributed by atoms with van der Waals surface area (Å²) >= 11 is 0. The molecule has 1 amide bonds. The second-order valence-electron chi connectivity index (χ2n) is 5.77. The van der Waals surface area contributed by atoms with E-state index < -0.39 is 31.8 Å². The van der Waals surface area contributed by atoms with Crippen molar-refractivity contribution >= 4 is 25.8 Å². The predicted octanol–water partition coefficient (Wildman–Crippen LogP) is 0.00910. The molecule has 1 aromatic rings. The summed E-state index contributed by atoms with van der Waals surface area (Å²) in [6.45, 7) is 1.39. The summed E-state index contributed by atoms with van der Waals surface area (Å²) in [6, 6.07) is 5.44. The number of hydrogen-bond donors (Lipinski definition) is 1. The molecule has 8 nitrogen and oxygen atoms in total. The molecule has 0 saturated carbocycles. The van der Waals surface area contributed by atoms with Crippen LogP contribution in [0.3, 0.4) is 0 Å². The minimum Gasteiger partial charge on any atom is -0.497 e. The number of hydrogen-bond acceptors (Lipinski definition) is 6. The molecule has 1 saturated heterocycles. The van der Waals surface area contributed by atoms with Gasteiger partial charge < -0.3 is 10.1 Å². The summed E-state index contributed by atoms with van der Waals surface area (Å²) < 4.78 is 54.2. The van der Waals surface area contributed by atoms with Gasteiger partial charge in [0.05, 0.1) is 30.1 Å². The number of sulfonamides is 1. The van der Waals surface area contributed by atoms with Crippen molar-refractivity contribution in [3.05, 3.63) is 24.3 Å². The highest BCUT2D eigenvalue weighted by molar-refractivity contribution is 7.91. The highest BCUT2D eigenvalue weighted by atomic mass is 32.2. The van der Waals surface area contributed by atoms with Gasteiger partial charge in [-0.3, -0.25) is 4.79 Å². The van der Waals surface area contributed by atoms with Gasteiger partial charge in [0.2, 0.25) is 15.9 Å². The first-order valence-corrected chi connectivity index (χ1v) is 11.1. The van der Waals surface area contributed by atoms with Crippen molar-refractivity contribution in [2.45, 2.75) is 24.3 Å². The monoisotopic (exact) mass is 390 g/mol. The summed E-state index contributed by atoms with van der Waals surface area (Å²) in [5.74, 6) is -0.0430. The maximum absolute atomic E-state index is 12.6. The lowest BCUT2D eigenvalue weighted by molar-refractivity contribution is -0.121. The Balaban J connectivity index is 2.06. The summed E-state index contributed by atoms with van der Waals surface area (Å²) in [5.41, 5.74) is 0. The fraction of sp³-hybridized carbons (Fsp3) is 0.533. The quantitative estimate of drug-likeness (QED) is 0.702. The van der Waals surface area contributed by atoms with Gasteiger partial charge >= 0.3 is 0 Å². The van der Waals surface area contributed by atoms with Crippen LogP contribution in [0.5, 0.6) is 5.75 Å². The van der Waals surface area contributed by atoms with Crippen LogP contribution in [0.2, 0.25) is 0 Å². The Morgan fingerprint density at radius 3 is 2.44 bits per heavy atom. The molecule has 1 atom stereocenters. The molecule has 2 rings (SSSR count). The third-order valence-electron chi connectivity index (χ3n) is 3.97. The number of carbonyl (C=O) groups is 1. The normalized spacial score (nSPS) is 19.7. The maximum atomic E-state index is 12.6. The standard InChI is InChI=1S/C15H22N2O6S2/c1-3-17(10-15(18)16-12-8-9-24(19,20)11-12)25(21,22)14-6-4-13(23-2)5-7-14/h4-7,12H,3,8-11H2,1-2H3,(H,16,18)/t12-/m0/s1. The van der Waals surface area contributed by atoms with Crippen molar-refractivity contribution < 1.29 is 26.4 Å². The first kappa shape index (κ1) is 19.7. The van der Waals surface area contributed by atoms with E-state index in [2.05, 4.69) is 5.32 Å². The first-order valence-electron chi connectivity index (χ1n) is 7.82. The molecule has 140 valence electrons. The number of amides is 1. The Morgan fingerprint density at radius 1 is 1.32 bits per heavy atom. The number of benzene rings is 1. The zero-order valence-corrected chi connectivity index (χ0v) is 15.8. The van der Waals surface area contributed by atoms with Gasteiger partial charge in [-0.15, -0.1) is 0 Å². The van der Waals surface area contributed by atoms with Gasteiger partial charge in [0.25, 0.3) is 0 Å². The molecule has 1 aromatic carbocycles. The van der Waals surface area contributed by atoms with E-state index in [1.807, 2.05) is 0 Å². The molecular formula is C15H22N2O6S2. The Bertz CT molecular complexity index is 818. The van der Waals surface area contributed by atoms with Crippen LogP contribution in [0, 0.1) is 0 Å². The summed E-state index contributed by atoms with van der Waals surface area (Å²) in [7, 11) is -5.46. The SMILES string of the molecule is CCN(CC(=O)N[C@H]1CCS(=O)(=O)C1)S(=O)(=O)c1ccc(OC)cc1. The number of nitrogens with zero attached hydrogens (tertiary/aromatic N) is 1. The summed E-state index contributed by atoms with van der Waals surface area (Å²) in [6.07, 6.45) is 0.353. The maximum Gasteiger partial charge on any atom is 0.243 e. The molecule has 0 radical (unpaired) electrons. The number of ether oxygens (including phenoxy) is 1. The molecule has 0 aliphatic carbocycles. The van der Waals surface area contributed by atoms with Gasteiger partial charge in [-0.25, -0.2) is 16.8 Å². The third kappa shape index (κ3) is 4.93. The molecule has 0 spiro atoms. The lowest BCUT2D eigenvalue weighted by Gasteiger charge is -2.21. The zero-order valence-electron chi connectivity index (χ0n) is 14.1. The van der Waals surface area contributed by atoms with Gasteiger partial charge in [-0.05, 0) is 30.7 Å². The Morgan fingerprint density at radius 2 is 1.96 bits per heavy atom. The van der Waals surface area contributed by atoms with Crippen LogP contribution < -0.4 is 10.1 Å². The molecule has 1 heterocycles. The molecule has 0 bridgehead atoms. The topological polar surface area (TPSA) is 110 Å². The lowest BCUT2D eigenvalue weighted by atomic mass is 10.2. The summed E-state index contributed by atoms with van der Waals surface area (Å²) in [4.78, 5) is 12.2. The van der Waals surface area contributed by atoms with Crippen molar-refractivity contribution in [1.29, 1.82) is 0 Å². The first-order chi connectivity index (χ1) is 11.7. The van der Waals surface area contributed by atoms with Crippen molar-refractivity contribution in [3.8, 4) is 5.75 Å². The average Bonchev–Trinajstić information content (AvgIpc) is 2.91. The minimum atomic E-state index is -3.83. The number of sulfone groups is 1. The van der Waals surface area contributed by atoms with Gasteiger partial charge in [0, 0.05) is 12.6 Å². The van der Waals surface area contributed by atoms with Crippen molar-refractivity contribution in [1.82, 2.24) is 9.62 Å². The Kier molecular flexibility index (Phi) is 6.07. The molecule has 0 aromatic heterocycles. The van der Waals surface area contributed by atoms with Crippen LogP contribution in [0.1, 0.15) is 13.3 Å². The van der Waals surface area contributed by atoms with E-state index in [1.54, 1.807) is 6.92 Å².